The Balaban J connectivity index is 1.44. The zero-order chi connectivity index (χ0) is 20.9. The van der Waals surface area contributed by atoms with E-state index in [9.17, 15) is 24.0 Å². The highest BCUT2D eigenvalue weighted by Gasteiger charge is 2.56. The Labute approximate surface area is 166 Å². The predicted octanol–water partition coefficient (Wildman–Crippen LogP) is 0.744. The van der Waals surface area contributed by atoms with E-state index in [2.05, 4.69) is 10.6 Å². The van der Waals surface area contributed by atoms with Crippen LogP contribution < -0.4 is 15.5 Å². The van der Waals surface area contributed by atoms with Gasteiger partial charge in [-0.3, -0.25) is 19.3 Å². The van der Waals surface area contributed by atoms with Gasteiger partial charge < -0.3 is 15.5 Å². The van der Waals surface area contributed by atoms with E-state index in [1.54, 1.807) is 25.1 Å². The molecule has 1 unspecified atom stereocenters. The summed E-state index contributed by atoms with van der Waals surface area (Å²) >= 11 is 0. The van der Waals surface area contributed by atoms with Crippen LogP contribution in [0.4, 0.5) is 21.0 Å². The predicted molar refractivity (Wildman–Crippen MR) is 102 cm³/mol. The molecule has 7 amide bonds. The minimum atomic E-state index is -0.945. The highest BCUT2D eigenvalue weighted by atomic mass is 16.2. The lowest BCUT2D eigenvalue weighted by Gasteiger charge is -2.20. The van der Waals surface area contributed by atoms with Crippen LogP contribution in [0.25, 0.3) is 0 Å². The van der Waals surface area contributed by atoms with Crippen LogP contribution in [0.5, 0.6) is 0 Å². The van der Waals surface area contributed by atoms with Gasteiger partial charge in [0, 0.05) is 12.7 Å². The van der Waals surface area contributed by atoms with Crippen LogP contribution in [0.1, 0.15) is 19.8 Å². The van der Waals surface area contributed by atoms with E-state index >= 15 is 0 Å². The molecule has 2 heterocycles. The quantitative estimate of drug-likeness (QED) is 0.708. The lowest BCUT2D eigenvalue weighted by molar-refractivity contribution is -0.134. The smallest absolute Gasteiger partial charge is 0.324 e. The van der Waals surface area contributed by atoms with Crippen LogP contribution in [0, 0.1) is 5.92 Å². The van der Waals surface area contributed by atoms with E-state index < -0.39 is 36.0 Å². The molecule has 1 aromatic carbocycles. The number of urea groups is 2. The van der Waals surface area contributed by atoms with Crippen LogP contribution >= 0.6 is 0 Å². The Hall–Kier alpha value is -3.43. The normalized spacial score (nSPS) is 24.4. The number of rotatable bonds is 5. The van der Waals surface area contributed by atoms with Crippen LogP contribution in [-0.4, -0.2) is 65.3 Å². The topological polar surface area (TPSA) is 119 Å². The van der Waals surface area contributed by atoms with E-state index in [1.807, 2.05) is 0 Å². The van der Waals surface area contributed by atoms with Crippen molar-refractivity contribution in [3.8, 4) is 0 Å². The molecule has 1 saturated carbocycles. The van der Waals surface area contributed by atoms with E-state index in [-0.39, 0.29) is 18.4 Å². The van der Waals surface area contributed by atoms with Crippen LogP contribution in [-0.2, 0) is 14.4 Å². The summed E-state index contributed by atoms with van der Waals surface area (Å²) in [6.45, 7) is 1.26. The summed E-state index contributed by atoms with van der Waals surface area (Å²) in [7, 11) is 1.53. The minimum absolute atomic E-state index is 0.0125. The van der Waals surface area contributed by atoms with Crippen molar-refractivity contribution in [2.45, 2.75) is 25.3 Å². The largest absolute Gasteiger partial charge is 0.331 e. The molecule has 10 heteroatoms. The van der Waals surface area contributed by atoms with Crippen molar-refractivity contribution in [1.82, 2.24) is 15.1 Å². The number of amides is 7. The molecule has 1 aromatic rings. The zero-order valence-corrected chi connectivity index (χ0v) is 16.1. The number of hydrogen-bond donors (Lipinski definition) is 2. The molecule has 152 valence electrons. The van der Waals surface area contributed by atoms with E-state index in [4.69, 9.17) is 0 Å². The van der Waals surface area contributed by atoms with Gasteiger partial charge in [0.15, 0.2) is 0 Å². The number of carbonyl (C=O) groups excluding carboxylic acids is 5. The van der Waals surface area contributed by atoms with Crippen molar-refractivity contribution in [2.24, 2.45) is 5.92 Å². The van der Waals surface area contributed by atoms with Crippen LogP contribution in [0.3, 0.4) is 0 Å². The standard InChI is InChI=1S/C19H21N5O5/c1-19(11-6-7-11)16(27)23(17(28)21-19)9-14(25)20-12-4-3-5-13(8-12)24-15(26)10-22(2)18(24)29/h3-5,8,11H,6-7,9-10H2,1-2H3,(H,20,25)(H,21,28). The molecule has 0 spiro atoms. The molecule has 1 aliphatic carbocycles. The average Bonchev–Trinajstić information content (AvgIpc) is 3.44. The minimum Gasteiger partial charge on any atom is -0.324 e. The van der Waals surface area contributed by atoms with E-state index in [0.29, 0.717) is 11.4 Å². The summed E-state index contributed by atoms with van der Waals surface area (Å²) in [6, 6.07) is 5.25. The molecule has 10 nitrogen and oxygen atoms in total. The fourth-order valence-electron chi connectivity index (χ4n) is 3.74. The van der Waals surface area contributed by atoms with E-state index in [0.717, 1.165) is 22.6 Å². The van der Waals surface area contributed by atoms with Crippen LogP contribution in [0.2, 0.25) is 0 Å². The van der Waals surface area contributed by atoms with Gasteiger partial charge in [0.2, 0.25) is 5.91 Å². The summed E-state index contributed by atoms with van der Waals surface area (Å²) < 4.78 is 0. The second-order valence-corrected chi connectivity index (χ2v) is 7.76. The molecule has 0 bridgehead atoms. The molecular weight excluding hydrogens is 378 g/mol. The number of imide groups is 2. The molecule has 2 aliphatic heterocycles. The molecular formula is C19H21N5O5. The number of likely N-dealkylation sites (N-methyl/N-ethyl adjacent to an activating group) is 1. The van der Waals surface area contributed by atoms with Crippen molar-refractivity contribution in [3.63, 3.8) is 0 Å². The first kappa shape index (κ1) is 18.9. The Morgan fingerprint density at radius 3 is 2.59 bits per heavy atom. The third kappa shape index (κ3) is 3.20. The van der Waals surface area contributed by atoms with Gasteiger partial charge in [0.1, 0.15) is 18.6 Å². The highest BCUT2D eigenvalue weighted by molar-refractivity contribution is 6.20. The van der Waals surface area contributed by atoms with Crippen molar-refractivity contribution in [1.29, 1.82) is 0 Å². The fourth-order valence-corrected chi connectivity index (χ4v) is 3.74. The molecule has 0 radical (unpaired) electrons. The second kappa shape index (κ2) is 6.57. The van der Waals surface area contributed by atoms with Crippen molar-refractivity contribution >= 4 is 41.2 Å². The Kier molecular flexibility index (Phi) is 4.29. The number of benzene rings is 1. The maximum Gasteiger partial charge on any atom is 0.331 e. The molecule has 3 aliphatic rings. The molecule has 0 aromatic heterocycles. The van der Waals surface area contributed by atoms with Gasteiger partial charge in [0.25, 0.3) is 11.8 Å². The molecule has 2 N–H and O–H groups in total. The summed E-state index contributed by atoms with van der Waals surface area (Å²) in [5.74, 6) is -1.20. The van der Waals surface area contributed by atoms with E-state index in [1.165, 1.54) is 18.0 Å². The van der Waals surface area contributed by atoms with Gasteiger partial charge in [-0.2, -0.15) is 0 Å². The summed E-state index contributed by atoms with van der Waals surface area (Å²) in [6.07, 6.45) is 1.75. The summed E-state index contributed by atoms with van der Waals surface area (Å²) in [4.78, 5) is 64.6. The Morgan fingerprint density at radius 1 is 1.24 bits per heavy atom. The number of nitrogens with one attached hydrogen (secondary N) is 2. The van der Waals surface area contributed by atoms with Gasteiger partial charge in [-0.25, -0.2) is 14.5 Å². The van der Waals surface area contributed by atoms with Gasteiger partial charge in [0.05, 0.1) is 5.69 Å². The lowest BCUT2D eigenvalue weighted by Crippen LogP contribution is -2.46. The lowest BCUT2D eigenvalue weighted by atomic mass is 9.96. The molecule has 4 rings (SSSR count). The number of hydrogen-bond acceptors (Lipinski definition) is 5. The first-order valence-corrected chi connectivity index (χ1v) is 9.33. The SMILES string of the molecule is CN1CC(=O)N(c2cccc(NC(=O)CN3C(=O)NC(C)(C4CC4)C3=O)c2)C1=O. The molecule has 3 fully saturated rings. The fraction of sp³-hybridized carbons (Fsp3) is 0.421. The maximum absolute atomic E-state index is 12.6. The Morgan fingerprint density at radius 2 is 1.97 bits per heavy atom. The Bertz CT molecular complexity index is 943. The van der Waals surface area contributed by atoms with Crippen molar-refractivity contribution < 1.29 is 24.0 Å². The van der Waals surface area contributed by atoms with Crippen molar-refractivity contribution in [2.75, 3.05) is 30.4 Å². The second-order valence-electron chi connectivity index (χ2n) is 7.76. The number of nitrogens with zero attached hydrogens (tertiary/aromatic N) is 3. The maximum atomic E-state index is 12.6. The third-order valence-corrected chi connectivity index (χ3v) is 5.52. The summed E-state index contributed by atoms with van der Waals surface area (Å²) in [5, 5.41) is 5.30. The van der Waals surface area contributed by atoms with Gasteiger partial charge >= 0.3 is 12.1 Å². The van der Waals surface area contributed by atoms with Crippen LogP contribution in [0.15, 0.2) is 24.3 Å². The monoisotopic (exact) mass is 399 g/mol. The molecule has 29 heavy (non-hydrogen) atoms. The number of carbonyl (C=O) groups is 5. The van der Waals surface area contributed by atoms with Gasteiger partial charge in [-0.1, -0.05) is 6.07 Å². The average molecular weight is 399 g/mol. The van der Waals surface area contributed by atoms with Gasteiger partial charge in [-0.15, -0.1) is 0 Å². The first-order chi connectivity index (χ1) is 13.7. The van der Waals surface area contributed by atoms with Crippen molar-refractivity contribution in [3.05, 3.63) is 24.3 Å². The highest BCUT2D eigenvalue weighted by Crippen LogP contribution is 2.42. The first-order valence-electron chi connectivity index (χ1n) is 9.33. The summed E-state index contributed by atoms with van der Waals surface area (Å²) in [5.41, 5.74) is -0.266. The molecule has 1 atom stereocenters. The number of anilines is 2. The van der Waals surface area contributed by atoms with Gasteiger partial charge in [-0.05, 0) is 43.9 Å². The molecule has 2 saturated heterocycles. The zero-order valence-electron chi connectivity index (χ0n) is 16.1. The third-order valence-electron chi connectivity index (χ3n) is 5.52.